The van der Waals surface area contributed by atoms with Gasteiger partial charge in [-0.1, -0.05) is 30.3 Å². The molecule has 0 spiro atoms. The van der Waals surface area contributed by atoms with Gasteiger partial charge in [0.25, 0.3) is 5.91 Å². The summed E-state index contributed by atoms with van der Waals surface area (Å²) in [4.78, 5) is 25.6. The molecule has 1 heterocycles. The second-order valence-electron chi connectivity index (χ2n) is 6.97. The van der Waals surface area contributed by atoms with Crippen molar-refractivity contribution in [3.8, 4) is 0 Å². The van der Waals surface area contributed by atoms with Crippen LogP contribution in [0.3, 0.4) is 0 Å². The Bertz CT molecular complexity index is 751. The maximum absolute atomic E-state index is 12.3. The summed E-state index contributed by atoms with van der Waals surface area (Å²) in [5, 5.41) is 2.90. The molecule has 5 nitrogen and oxygen atoms in total. The summed E-state index contributed by atoms with van der Waals surface area (Å²) >= 11 is 0. The zero-order valence-corrected chi connectivity index (χ0v) is 15.7. The minimum Gasteiger partial charge on any atom is -0.466 e. The SMILES string of the molecule is CCOC(=O)C1CC[NH+](Cc2ccc(C(=O)Nc3ccccc3)cc2)CC1. The highest BCUT2D eigenvalue weighted by molar-refractivity contribution is 6.04. The summed E-state index contributed by atoms with van der Waals surface area (Å²) in [6, 6.07) is 17.2. The van der Waals surface area contributed by atoms with Crippen molar-refractivity contribution in [1.82, 2.24) is 0 Å². The molecule has 0 bridgehead atoms. The summed E-state index contributed by atoms with van der Waals surface area (Å²) in [5.41, 5.74) is 2.65. The number of rotatable bonds is 6. The highest BCUT2D eigenvalue weighted by Gasteiger charge is 2.28. The van der Waals surface area contributed by atoms with Crippen molar-refractivity contribution in [2.75, 3.05) is 25.0 Å². The van der Waals surface area contributed by atoms with Crippen LogP contribution in [0.25, 0.3) is 0 Å². The lowest BCUT2D eigenvalue weighted by molar-refractivity contribution is -0.919. The van der Waals surface area contributed by atoms with E-state index in [1.165, 1.54) is 10.5 Å². The van der Waals surface area contributed by atoms with E-state index in [1.54, 1.807) is 0 Å². The van der Waals surface area contributed by atoms with Crippen LogP contribution in [0.4, 0.5) is 5.69 Å². The Morgan fingerprint density at radius 1 is 1.04 bits per heavy atom. The molecule has 1 aliphatic rings. The summed E-state index contributed by atoms with van der Waals surface area (Å²) in [6.07, 6.45) is 1.76. The average molecular weight is 367 g/mol. The zero-order chi connectivity index (χ0) is 19.1. The Balaban J connectivity index is 1.50. The van der Waals surface area contributed by atoms with Crippen molar-refractivity contribution in [2.45, 2.75) is 26.3 Å². The van der Waals surface area contributed by atoms with Crippen LogP contribution in [0.1, 0.15) is 35.7 Å². The van der Waals surface area contributed by atoms with E-state index in [9.17, 15) is 9.59 Å². The molecule has 0 radical (unpaired) electrons. The van der Waals surface area contributed by atoms with Crippen molar-refractivity contribution in [3.63, 3.8) is 0 Å². The molecule has 1 saturated heterocycles. The Hall–Kier alpha value is -2.66. The maximum Gasteiger partial charge on any atom is 0.309 e. The number of quaternary nitrogens is 1. The molecule has 2 N–H and O–H groups in total. The lowest BCUT2D eigenvalue weighted by Gasteiger charge is -2.28. The molecule has 5 heteroatoms. The van der Waals surface area contributed by atoms with Gasteiger partial charge in [-0.3, -0.25) is 9.59 Å². The topological polar surface area (TPSA) is 59.8 Å². The molecule has 2 aromatic carbocycles. The van der Waals surface area contributed by atoms with E-state index in [0.717, 1.165) is 38.2 Å². The summed E-state index contributed by atoms with van der Waals surface area (Å²) in [6.45, 7) is 5.16. The minimum atomic E-state index is -0.102. The number of hydrogen-bond donors (Lipinski definition) is 2. The van der Waals surface area contributed by atoms with Crippen LogP contribution in [0.2, 0.25) is 0 Å². The molecule has 1 aliphatic heterocycles. The van der Waals surface area contributed by atoms with Crippen molar-refractivity contribution in [2.24, 2.45) is 5.92 Å². The normalized spacial score (nSPS) is 19.3. The molecule has 2 aromatic rings. The standard InChI is InChI=1S/C22H26N2O3/c1-2-27-22(26)19-12-14-24(15-13-19)16-17-8-10-18(11-9-17)21(25)23-20-6-4-3-5-7-20/h3-11,19H,2,12-16H2,1H3,(H,23,25)/p+1. The van der Waals surface area contributed by atoms with Crippen molar-refractivity contribution in [1.29, 1.82) is 0 Å². The van der Waals surface area contributed by atoms with Gasteiger partial charge in [0.05, 0.1) is 25.6 Å². The molecule has 142 valence electrons. The van der Waals surface area contributed by atoms with Gasteiger partial charge >= 0.3 is 5.97 Å². The first kappa shape index (κ1) is 19.1. The third-order valence-corrected chi connectivity index (χ3v) is 5.01. The predicted molar refractivity (Wildman–Crippen MR) is 105 cm³/mol. The largest absolute Gasteiger partial charge is 0.466 e. The molecule has 1 fully saturated rings. The predicted octanol–water partition coefficient (Wildman–Crippen LogP) is 2.30. The third-order valence-electron chi connectivity index (χ3n) is 5.01. The van der Waals surface area contributed by atoms with Crippen LogP contribution in [0, 0.1) is 5.92 Å². The Morgan fingerprint density at radius 2 is 1.70 bits per heavy atom. The van der Waals surface area contributed by atoms with Gasteiger partial charge in [0.15, 0.2) is 0 Å². The van der Waals surface area contributed by atoms with Gasteiger partial charge < -0.3 is 15.0 Å². The number of piperidine rings is 1. The van der Waals surface area contributed by atoms with Crippen molar-refractivity contribution in [3.05, 3.63) is 65.7 Å². The monoisotopic (exact) mass is 367 g/mol. The maximum atomic E-state index is 12.3. The van der Waals surface area contributed by atoms with Gasteiger partial charge in [-0.05, 0) is 31.2 Å². The number of hydrogen-bond acceptors (Lipinski definition) is 3. The summed E-state index contributed by atoms with van der Waals surface area (Å²) in [7, 11) is 0. The number of nitrogens with one attached hydrogen (secondary N) is 2. The van der Waals surface area contributed by atoms with Crippen LogP contribution >= 0.6 is 0 Å². The lowest BCUT2D eigenvalue weighted by Crippen LogP contribution is -3.11. The fraction of sp³-hybridized carbons (Fsp3) is 0.364. The van der Waals surface area contributed by atoms with Crippen LogP contribution in [-0.4, -0.2) is 31.6 Å². The number of carbonyl (C=O) groups is 2. The van der Waals surface area contributed by atoms with E-state index < -0.39 is 0 Å². The van der Waals surface area contributed by atoms with E-state index in [2.05, 4.69) is 5.32 Å². The van der Waals surface area contributed by atoms with Crippen molar-refractivity contribution < 1.29 is 19.2 Å². The number of likely N-dealkylation sites (tertiary alicyclic amines) is 1. The lowest BCUT2D eigenvalue weighted by atomic mass is 9.96. The van der Waals surface area contributed by atoms with Crippen molar-refractivity contribution >= 4 is 17.6 Å². The molecular weight excluding hydrogens is 340 g/mol. The van der Waals surface area contributed by atoms with E-state index in [4.69, 9.17) is 4.74 Å². The molecule has 0 saturated carbocycles. The average Bonchev–Trinajstić information content (AvgIpc) is 2.70. The van der Waals surface area contributed by atoms with E-state index in [1.807, 2.05) is 61.5 Å². The summed E-state index contributed by atoms with van der Waals surface area (Å²) in [5.74, 6) is -0.0987. The van der Waals surface area contributed by atoms with Crippen LogP contribution in [0.15, 0.2) is 54.6 Å². The Morgan fingerprint density at radius 3 is 2.33 bits per heavy atom. The number of benzene rings is 2. The van der Waals surface area contributed by atoms with Gasteiger partial charge in [0, 0.05) is 29.7 Å². The number of esters is 1. The third kappa shape index (κ3) is 5.41. The Labute approximate surface area is 160 Å². The summed E-state index contributed by atoms with van der Waals surface area (Å²) < 4.78 is 5.13. The number of ether oxygens (including phenoxy) is 1. The number of anilines is 1. The van der Waals surface area contributed by atoms with Crippen LogP contribution in [-0.2, 0) is 16.1 Å². The van der Waals surface area contributed by atoms with Gasteiger partial charge in [-0.15, -0.1) is 0 Å². The van der Waals surface area contributed by atoms with Gasteiger partial charge in [0.2, 0.25) is 0 Å². The number of amides is 1. The molecule has 0 unspecified atom stereocenters. The molecule has 1 amide bonds. The first-order chi connectivity index (χ1) is 13.2. The molecule has 0 aromatic heterocycles. The molecule has 0 aliphatic carbocycles. The van der Waals surface area contributed by atoms with Gasteiger partial charge in [-0.2, -0.15) is 0 Å². The van der Waals surface area contributed by atoms with E-state index in [-0.39, 0.29) is 17.8 Å². The van der Waals surface area contributed by atoms with E-state index in [0.29, 0.717) is 12.2 Å². The fourth-order valence-electron chi connectivity index (χ4n) is 3.49. The first-order valence-corrected chi connectivity index (χ1v) is 9.61. The molecular formula is C22H27N2O3+. The van der Waals surface area contributed by atoms with Crippen LogP contribution in [0.5, 0.6) is 0 Å². The fourth-order valence-corrected chi connectivity index (χ4v) is 3.49. The van der Waals surface area contributed by atoms with Gasteiger partial charge in [0.1, 0.15) is 6.54 Å². The quantitative estimate of drug-likeness (QED) is 0.770. The second kappa shape index (κ2) is 9.33. The first-order valence-electron chi connectivity index (χ1n) is 9.61. The number of para-hydroxylation sites is 1. The Kier molecular flexibility index (Phi) is 6.60. The zero-order valence-electron chi connectivity index (χ0n) is 15.7. The van der Waals surface area contributed by atoms with Gasteiger partial charge in [-0.25, -0.2) is 0 Å². The molecule has 3 rings (SSSR count). The highest BCUT2D eigenvalue weighted by Crippen LogP contribution is 2.13. The second-order valence-corrected chi connectivity index (χ2v) is 6.97. The smallest absolute Gasteiger partial charge is 0.309 e. The number of carbonyl (C=O) groups excluding carboxylic acids is 2. The molecule has 0 atom stereocenters. The minimum absolute atomic E-state index is 0.0506. The molecule has 27 heavy (non-hydrogen) atoms. The van der Waals surface area contributed by atoms with Crippen LogP contribution < -0.4 is 10.2 Å². The van der Waals surface area contributed by atoms with E-state index >= 15 is 0 Å². The highest BCUT2D eigenvalue weighted by atomic mass is 16.5.